The molecule has 0 aliphatic carbocycles. The molecule has 9 rings (SSSR count). The summed E-state index contributed by atoms with van der Waals surface area (Å²) in [5.74, 6) is 0. The zero-order valence-electron chi connectivity index (χ0n) is 22.9. The second kappa shape index (κ2) is 8.95. The molecule has 0 aliphatic heterocycles. The summed E-state index contributed by atoms with van der Waals surface area (Å²) in [4.78, 5) is 0. The van der Waals surface area contributed by atoms with Crippen molar-refractivity contribution >= 4 is 54.4 Å². The predicted molar refractivity (Wildman–Crippen MR) is 178 cm³/mol. The van der Waals surface area contributed by atoms with Crippen molar-refractivity contribution in [2.75, 3.05) is 0 Å². The first-order chi connectivity index (χ1) is 20.9. The topological polar surface area (TPSA) is 9.86 Å². The van der Waals surface area contributed by atoms with E-state index in [1.54, 1.807) is 0 Å². The number of para-hydroxylation sites is 3. The fourth-order valence-corrected chi connectivity index (χ4v) is 6.87. The van der Waals surface area contributed by atoms with Crippen LogP contribution >= 0.6 is 0 Å². The van der Waals surface area contributed by atoms with Gasteiger partial charge in [0.1, 0.15) is 0 Å². The summed E-state index contributed by atoms with van der Waals surface area (Å²) in [6.45, 7) is 0. The molecule has 9 aromatic rings. The second-order valence-corrected chi connectivity index (χ2v) is 11.0. The van der Waals surface area contributed by atoms with Gasteiger partial charge in [-0.1, -0.05) is 121 Å². The number of hydrogen-bond acceptors (Lipinski definition) is 0. The summed E-state index contributed by atoms with van der Waals surface area (Å²) in [6, 6.07) is 57.1. The largest absolute Gasteiger partial charge is 0.309 e. The van der Waals surface area contributed by atoms with E-state index in [-0.39, 0.29) is 0 Å². The summed E-state index contributed by atoms with van der Waals surface area (Å²) in [6.07, 6.45) is 0. The van der Waals surface area contributed by atoms with Crippen LogP contribution in [0.1, 0.15) is 0 Å². The second-order valence-electron chi connectivity index (χ2n) is 11.0. The summed E-state index contributed by atoms with van der Waals surface area (Å²) in [5, 5.41) is 7.59. The molecule has 0 saturated heterocycles. The number of rotatable bonds is 3. The first kappa shape index (κ1) is 23.1. The number of aromatic nitrogens is 2. The van der Waals surface area contributed by atoms with Crippen molar-refractivity contribution in [3.8, 4) is 22.5 Å². The fourth-order valence-electron chi connectivity index (χ4n) is 6.87. The molecule has 0 unspecified atom stereocenters. The Morgan fingerprint density at radius 1 is 0.262 bits per heavy atom. The van der Waals surface area contributed by atoms with Crippen molar-refractivity contribution in [2.24, 2.45) is 0 Å². The molecule has 196 valence electrons. The number of nitrogens with zero attached hydrogens (tertiary/aromatic N) is 2. The van der Waals surface area contributed by atoms with Crippen LogP contribution in [0.3, 0.4) is 0 Å². The molecular weight excluding hydrogens is 508 g/mol. The zero-order chi connectivity index (χ0) is 27.6. The van der Waals surface area contributed by atoms with Gasteiger partial charge in [-0.3, -0.25) is 0 Å². The smallest absolute Gasteiger partial charge is 0.0620 e. The standard InChI is InChI=1S/C40H26N2/c1-3-11-27(12-4-1)28-19-21-30(22-20-28)42-38-18-10-8-16-32(38)34-24-25-35-36(40(34)42)26-23-33-31-15-7-9-17-37(31)41(39(33)35)29-13-5-2-6-14-29/h1-26H. The van der Waals surface area contributed by atoms with Gasteiger partial charge in [0.05, 0.1) is 22.1 Å². The van der Waals surface area contributed by atoms with Crippen molar-refractivity contribution in [3.63, 3.8) is 0 Å². The van der Waals surface area contributed by atoms with Crippen molar-refractivity contribution in [3.05, 3.63) is 158 Å². The van der Waals surface area contributed by atoms with E-state index in [1.807, 2.05) is 0 Å². The molecule has 42 heavy (non-hydrogen) atoms. The monoisotopic (exact) mass is 534 g/mol. The predicted octanol–water partition coefficient (Wildman–Crippen LogP) is 10.7. The molecule has 2 nitrogen and oxygen atoms in total. The van der Waals surface area contributed by atoms with E-state index < -0.39 is 0 Å². The number of benzene rings is 7. The fraction of sp³-hybridized carbons (Fsp3) is 0. The summed E-state index contributed by atoms with van der Waals surface area (Å²) < 4.78 is 4.88. The lowest BCUT2D eigenvalue weighted by Gasteiger charge is -2.13. The average Bonchev–Trinajstić information content (AvgIpc) is 3.59. The van der Waals surface area contributed by atoms with Gasteiger partial charge in [0, 0.05) is 43.7 Å². The van der Waals surface area contributed by atoms with Gasteiger partial charge in [0.25, 0.3) is 0 Å². The lowest BCUT2D eigenvalue weighted by atomic mass is 10.0. The van der Waals surface area contributed by atoms with Gasteiger partial charge in [-0.15, -0.1) is 0 Å². The molecule has 0 radical (unpaired) electrons. The van der Waals surface area contributed by atoms with E-state index in [9.17, 15) is 0 Å². The minimum atomic E-state index is 1.16. The van der Waals surface area contributed by atoms with Gasteiger partial charge in [0.15, 0.2) is 0 Å². The van der Waals surface area contributed by atoms with Crippen molar-refractivity contribution in [1.82, 2.24) is 9.13 Å². The average molecular weight is 535 g/mol. The van der Waals surface area contributed by atoms with Crippen molar-refractivity contribution in [1.29, 1.82) is 0 Å². The Hall–Kier alpha value is -5.60. The summed E-state index contributed by atoms with van der Waals surface area (Å²) >= 11 is 0. The van der Waals surface area contributed by atoms with E-state index in [0.29, 0.717) is 0 Å². The van der Waals surface area contributed by atoms with Crippen LogP contribution in [0.2, 0.25) is 0 Å². The molecule has 0 fully saturated rings. The highest BCUT2D eigenvalue weighted by Crippen LogP contribution is 2.42. The van der Waals surface area contributed by atoms with E-state index in [2.05, 4.69) is 167 Å². The van der Waals surface area contributed by atoms with Gasteiger partial charge in [0.2, 0.25) is 0 Å². The molecule has 0 atom stereocenters. The van der Waals surface area contributed by atoms with Crippen LogP contribution in [0.5, 0.6) is 0 Å². The Morgan fingerprint density at radius 3 is 1.17 bits per heavy atom. The minimum Gasteiger partial charge on any atom is -0.309 e. The van der Waals surface area contributed by atoms with E-state index in [0.717, 1.165) is 5.69 Å². The highest BCUT2D eigenvalue weighted by atomic mass is 15.0. The molecule has 2 heterocycles. The molecule has 2 aromatic heterocycles. The first-order valence-electron chi connectivity index (χ1n) is 14.5. The molecule has 0 saturated carbocycles. The summed E-state index contributed by atoms with van der Waals surface area (Å²) in [7, 11) is 0. The van der Waals surface area contributed by atoms with Gasteiger partial charge < -0.3 is 9.13 Å². The summed E-state index contributed by atoms with van der Waals surface area (Å²) in [5.41, 5.74) is 9.72. The lowest BCUT2D eigenvalue weighted by molar-refractivity contribution is 1.18. The molecule has 0 bridgehead atoms. The van der Waals surface area contributed by atoms with E-state index >= 15 is 0 Å². The molecule has 7 aromatic carbocycles. The van der Waals surface area contributed by atoms with E-state index in [4.69, 9.17) is 0 Å². The third-order valence-corrected chi connectivity index (χ3v) is 8.71. The maximum atomic E-state index is 2.45. The zero-order valence-corrected chi connectivity index (χ0v) is 22.9. The Balaban J connectivity index is 1.40. The van der Waals surface area contributed by atoms with Crippen LogP contribution in [0.15, 0.2) is 158 Å². The van der Waals surface area contributed by atoms with Gasteiger partial charge >= 0.3 is 0 Å². The van der Waals surface area contributed by atoms with Crippen LogP contribution in [-0.4, -0.2) is 9.13 Å². The number of hydrogen-bond donors (Lipinski definition) is 0. The van der Waals surface area contributed by atoms with Crippen molar-refractivity contribution < 1.29 is 0 Å². The van der Waals surface area contributed by atoms with Crippen LogP contribution < -0.4 is 0 Å². The molecule has 2 heteroatoms. The molecule has 0 spiro atoms. The Labute approximate surface area is 243 Å². The van der Waals surface area contributed by atoms with Gasteiger partial charge in [-0.2, -0.15) is 0 Å². The SMILES string of the molecule is c1ccc(-c2ccc(-n3c4ccccc4c4ccc5c(ccc6c7ccccc7n(-c7ccccc7)c65)c43)cc2)cc1. The third kappa shape index (κ3) is 3.27. The van der Waals surface area contributed by atoms with Gasteiger partial charge in [-0.25, -0.2) is 0 Å². The quantitative estimate of drug-likeness (QED) is 0.213. The number of fused-ring (bicyclic) bond motifs is 9. The molecule has 0 N–H and O–H groups in total. The lowest BCUT2D eigenvalue weighted by Crippen LogP contribution is -1.96. The molecular formula is C40H26N2. The van der Waals surface area contributed by atoms with E-state index in [1.165, 1.54) is 71.2 Å². The maximum Gasteiger partial charge on any atom is 0.0620 e. The third-order valence-electron chi connectivity index (χ3n) is 8.71. The minimum absolute atomic E-state index is 1.16. The normalized spacial score (nSPS) is 11.8. The Morgan fingerprint density at radius 2 is 0.643 bits per heavy atom. The molecule has 0 amide bonds. The molecule has 0 aliphatic rings. The van der Waals surface area contributed by atoms with Crippen LogP contribution in [0.4, 0.5) is 0 Å². The maximum absolute atomic E-state index is 2.45. The van der Waals surface area contributed by atoms with Crippen molar-refractivity contribution in [2.45, 2.75) is 0 Å². The van der Waals surface area contributed by atoms with Gasteiger partial charge in [-0.05, 0) is 47.5 Å². The Bertz CT molecular complexity index is 2430. The Kier molecular flexibility index (Phi) is 4.93. The van der Waals surface area contributed by atoms with Crippen LogP contribution in [-0.2, 0) is 0 Å². The highest BCUT2D eigenvalue weighted by Gasteiger charge is 2.19. The van der Waals surface area contributed by atoms with Crippen LogP contribution in [0, 0.1) is 0 Å². The highest BCUT2D eigenvalue weighted by molar-refractivity contribution is 6.26. The van der Waals surface area contributed by atoms with Crippen LogP contribution in [0.25, 0.3) is 76.9 Å². The first-order valence-corrected chi connectivity index (χ1v) is 14.5.